The van der Waals surface area contributed by atoms with Gasteiger partial charge in [0.15, 0.2) is 0 Å². The molecule has 2 atom stereocenters. The Morgan fingerprint density at radius 1 is 0.897 bits per heavy atom. The van der Waals surface area contributed by atoms with Crippen LogP contribution in [0.15, 0.2) is 78.0 Å². The lowest BCUT2D eigenvalue weighted by Gasteiger charge is -2.09. The van der Waals surface area contributed by atoms with Gasteiger partial charge in [0.05, 0.1) is 12.8 Å². The lowest BCUT2D eigenvalue weighted by atomic mass is 10.0. The van der Waals surface area contributed by atoms with E-state index < -0.39 is 0 Å². The summed E-state index contributed by atoms with van der Waals surface area (Å²) in [5.74, 6) is 1.56. The molecule has 0 unspecified atom stereocenters. The summed E-state index contributed by atoms with van der Waals surface area (Å²) in [4.78, 5) is 5.73. The average molecular weight is 426 g/mol. The number of nitrogens with zero attached hydrogens (tertiary/aromatic N) is 1. The van der Waals surface area contributed by atoms with E-state index in [9.17, 15) is 0 Å². The van der Waals surface area contributed by atoms with Crippen LogP contribution in [0.25, 0.3) is 0 Å². The first kappa shape index (κ1) is 19.8. The van der Waals surface area contributed by atoms with Crippen LogP contribution in [0, 0.1) is 5.92 Å². The molecular weight excluding hydrogens is 405 g/mol. The van der Waals surface area contributed by atoms with Gasteiger partial charge in [0.25, 0.3) is 0 Å². The Hall–Kier alpha value is -2.49. The molecular formula is C24H21Cl2NO2. The minimum absolute atomic E-state index is 0.315. The van der Waals surface area contributed by atoms with E-state index >= 15 is 0 Å². The van der Waals surface area contributed by atoms with E-state index in [4.69, 9.17) is 32.8 Å². The predicted molar refractivity (Wildman–Crippen MR) is 118 cm³/mol. The van der Waals surface area contributed by atoms with Crippen molar-refractivity contribution < 1.29 is 9.57 Å². The molecule has 4 rings (SSSR count). The van der Waals surface area contributed by atoms with Crippen molar-refractivity contribution in [3.63, 3.8) is 0 Å². The number of benzene rings is 3. The van der Waals surface area contributed by atoms with Gasteiger partial charge < -0.3 is 9.57 Å². The van der Waals surface area contributed by atoms with Gasteiger partial charge in [-0.05, 0) is 77.6 Å². The topological polar surface area (TPSA) is 30.8 Å². The number of halogens is 2. The number of ether oxygens (including phenoxy) is 1. The first-order valence-corrected chi connectivity index (χ1v) is 10.2. The van der Waals surface area contributed by atoms with Crippen LogP contribution < -0.4 is 4.74 Å². The lowest BCUT2D eigenvalue weighted by Crippen LogP contribution is -2.07. The summed E-state index contributed by atoms with van der Waals surface area (Å²) in [7, 11) is 1.66. The van der Waals surface area contributed by atoms with Gasteiger partial charge in [-0.3, -0.25) is 0 Å². The van der Waals surface area contributed by atoms with Crippen LogP contribution in [-0.2, 0) is 11.4 Å². The summed E-state index contributed by atoms with van der Waals surface area (Å²) in [5.41, 5.74) is 4.31. The zero-order chi connectivity index (χ0) is 20.2. The summed E-state index contributed by atoms with van der Waals surface area (Å²) in [6.45, 7) is 0.398. The quantitative estimate of drug-likeness (QED) is 0.310. The fourth-order valence-electron chi connectivity index (χ4n) is 3.43. The second-order valence-electron chi connectivity index (χ2n) is 7.11. The second-order valence-corrected chi connectivity index (χ2v) is 7.98. The maximum absolute atomic E-state index is 6.03. The van der Waals surface area contributed by atoms with Crippen molar-refractivity contribution in [1.29, 1.82) is 0 Å². The molecule has 1 aliphatic carbocycles. The van der Waals surface area contributed by atoms with Gasteiger partial charge in [0, 0.05) is 16.0 Å². The molecule has 1 fully saturated rings. The van der Waals surface area contributed by atoms with Crippen molar-refractivity contribution in [2.75, 3.05) is 7.11 Å². The molecule has 0 saturated heterocycles. The molecule has 0 radical (unpaired) electrons. The third kappa shape index (κ3) is 4.92. The Kier molecular flexibility index (Phi) is 6.08. The summed E-state index contributed by atoms with van der Waals surface area (Å²) in [6.07, 6.45) is 1.04. The third-order valence-corrected chi connectivity index (χ3v) is 5.64. The average Bonchev–Trinajstić information content (AvgIpc) is 3.54. The Bertz CT molecular complexity index is 983. The molecule has 0 N–H and O–H groups in total. The van der Waals surface area contributed by atoms with E-state index in [-0.39, 0.29) is 0 Å². The summed E-state index contributed by atoms with van der Waals surface area (Å²) in [5, 5.41) is 6.00. The summed E-state index contributed by atoms with van der Waals surface area (Å²) >= 11 is 12.0. The van der Waals surface area contributed by atoms with Crippen molar-refractivity contribution in [1.82, 2.24) is 0 Å². The van der Waals surface area contributed by atoms with Crippen LogP contribution >= 0.6 is 23.2 Å². The van der Waals surface area contributed by atoms with Gasteiger partial charge in [-0.2, -0.15) is 0 Å². The van der Waals surface area contributed by atoms with Crippen LogP contribution in [0.1, 0.15) is 29.0 Å². The molecule has 3 aromatic carbocycles. The van der Waals surface area contributed by atoms with Gasteiger partial charge in [0.1, 0.15) is 12.4 Å². The second kappa shape index (κ2) is 8.89. The van der Waals surface area contributed by atoms with Crippen LogP contribution in [0.2, 0.25) is 10.0 Å². The van der Waals surface area contributed by atoms with E-state index in [0.29, 0.717) is 23.5 Å². The standard InChI is InChI=1S/C24H21Cl2NO2/c1-28-21-12-6-18(7-13-21)24(27-29-15-16-2-8-19(25)9-3-16)23-14-22(23)17-4-10-20(26)11-5-17/h2-13,22-23H,14-15H2,1H3/b27-24-/t22-,23-/m1/s1. The number of oxime groups is 1. The summed E-state index contributed by atoms with van der Waals surface area (Å²) in [6, 6.07) is 23.6. The van der Waals surface area contributed by atoms with E-state index in [1.807, 2.05) is 60.7 Å². The third-order valence-electron chi connectivity index (χ3n) is 5.13. The minimum atomic E-state index is 0.315. The van der Waals surface area contributed by atoms with Crippen LogP contribution in [0.3, 0.4) is 0 Å². The molecule has 3 nitrogen and oxygen atoms in total. The Balaban J connectivity index is 1.53. The highest BCUT2D eigenvalue weighted by Crippen LogP contribution is 2.49. The molecule has 0 aliphatic heterocycles. The molecule has 0 amide bonds. The fraction of sp³-hybridized carbons (Fsp3) is 0.208. The first-order chi connectivity index (χ1) is 14.1. The Labute approximate surface area is 180 Å². The summed E-state index contributed by atoms with van der Waals surface area (Å²) < 4.78 is 5.28. The maximum Gasteiger partial charge on any atom is 0.142 e. The van der Waals surface area contributed by atoms with Gasteiger partial charge in [-0.1, -0.05) is 52.6 Å². The van der Waals surface area contributed by atoms with Crippen LogP contribution in [0.5, 0.6) is 5.75 Å². The normalized spacial score (nSPS) is 18.4. The SMILES string of the molecule is COc1ccc(/C(=N/OCc2ccc(Cl)cc2)[C@@H]2C[C@@H]2c2ccc(Cl)cc2)cc1. The fourth-order valence-corrected chi connectivity index (χ4v) is 3.68. The molecule has 0 heterocycles. The Morgan fingerprint density at radius 3 is 2.14 bits per heavy atom. The van der Waals surface area contributed by atoms with Crippen molar-refractivity contribution in [2.24, 2.45) is 11.1 Å². The molecule has 0 aromatic heterocycles. The number of hydrogen-bond donors (Lipinski definition) is 0. The largest absolute Gasteiger partial charge is 0.497 e. The van der Waals surface area contributed by atoms with Crippen molar-refractivity contribution in [2.45, 2.75) is 18.9 Å². The molecule has 0 bridgehead atoms. The molecule has 0 spiro atoms. The van der Waals surface area contributed by atoms with Crippen molar-refractivity contribution in [3.8, 4) is 5.75 Å². The van der Waals surface area contributed by atoms with Gasteiger partial charge in [0.2, 0.25) is 0 Å². The monoisotopic (exact) mass is 425 g/mol. The van der Waals surface area contributed by atoms with Crippen LogP contribution in [0.4, 0.5) is 0 Å². The van der Waals surface area contributed by atoms with Crippen molar-refractivity contribution in [3.05, 3.63) is 99.5 Å². The highest BCUT2D eigenvalue weighted by Gasteiger charge is 2.43. The zero-order valence-electron chi connectivity index (χ0n) is 16.0. The number of hydrogen-bond acceptors (Lipinski definition) is 3. The van der Waals surface area contributed by atoms with E-state index in [1.165, 1.54) is 5.56 Å². The molecule has 3 aromatic rings. The predicted octanol–water partition coefficient (Wildman–Crippen LogP) is 6.73. The highest BCUT2D eigenvalue weighted by atomic mass is 35.5. The van der Waals surface area contributed by atoms with Gasteiger partial charge >= 0.3 is 0 Å². The number of rotatable bonds is 7. The number of methoxy groups -OCH3 is 1. The van der Waals surface area contributed by atoms with E-state index in [0.717, 1.165) is 34.0 Å². The Morgan fingerprint density at radius 2 is 1.52 bits per heavy atom. The molecule has 1 saturated carbocycles. The zero-order valence-corrected chi connectivity index (χ0v) is 17.5. The molecule has 5 heteroatoms. The molecule has 29 heavy (non-hydrogen) atoms. The molecule has 148 valence electrons. The first-order valence-electron chi connectivity index (χ1n) is 9.48. The minimum Gasteiger partial charge on any atom is -0.497 e. The molecule has 1 aliphatic rings. The van der Waals surface area contributed by atoms with Gasteiger partial charge in [-0.15, -0.1) is 0 Å². The highest BCUT2D eigenvalue weighted by molar-refractivity contribution is 6.30. The van der Waals surface area contributed by atoms with E-state index in [1.54, 1.807) is 7.11 Å². The lowest BCUT2D eigenvalue weighted by molar-refractivity contribution is 0.130. The van der Waals surface area contributed by atoms with Gasteiger partial charge in [-0.25, -0.2) is 0 Å². The van der Waals surface area contributed by atoms with Crippen molar-refractivity contribution >= 4 is 28.9 Å². The van der Waals surface area contributed by atoms with Crippen LogP contribution in [-0.4, -0.2) is 12.8 Å². The smallest absolute Gasteiger partial charge is 0.142 e. The van der Waals surface area contributed by atoms with E-state index in [2.05, 4.69) is 17.3 Å². The maximum atomic E-state index is 6.03.